The summed E-state index contributed by atoms with van der Waals surface area (Å²) in [5.74, 6) is 1.04. The standard InChI is InChI=1S/C8H7O2/c9-7-2-1-6-3-4-10-8(6)5-7/h1-3,5,9H,4H2. The molecular weight excluding hydrogens is 128 g/mol. The number of phenolic OH excluding ortho intramolecular Hbond substituents is 1. The SMILES string of the molecule is Oc1ccc2c(c1)OC[CH]2. The van der Waals surface area contributed by atoms with Crippen LogP contribution in [0.5, 0.6) is 11.5 Å². The third-order valence-electron chi connectivity index (χ3n) is 1.54. The van der Waals surface area contributed by atoms with Crippen molar-refractivity contribution < 1.29 is 9.84 Å². The average Bonchev–Trinajstić information content (AvgIpc) is 2.33. The summed E-state index contributed by atoms with van der Waals surface area (Å²) >= 11 is 0. The second-order valence-corrected chi connectivity index (χ2v) is 2.24. The fourth-order valence-electron chi connectivity index (χ4n) is 1.04. The van der Waals surface area contributed by atoms with E-state index in [-0.39, 0.29) is 5.75 Å². The van der Waals surface area contributed by atoms with Crippen molar-refractivity contribution in [2.45, 2.75) is 0 Å². The lowest BCUT2D eigenvalue weighted by Crippen LogP contribution is -1.84. The number of fused-ring (bicyclic) bond motifs is 1. The Kier molecular flexibility index (Phi) is 1.07. The zero-order chi connectivity index (χ0) is 6.97. The molecule has 51 valence electrons. The van der Waals surface area contributed by atoms with E-state index in [0.717, 1.165) is 11.3 Å². The number of hydrogen-bond donors (Lipinski definition) is 1. The first-order valence-electron chi connectivity index (χ1n) is 3.15. The zero-order valence-electron chi connectivity index (χ0n) is 5.37. The van der Waals surface area contributed by atoms with E-state index in [4.69, 9.17) is 9.84 Å². The Balaban J connectivity index is 2.52. The number of hydrogen-bond acceptors (Lipinski definition) is 2. The van der Waals surface area contributed by atoms with Gasteiger partial charge in [0.15, 0.2) is 0 Å². The van der Waals surface area contributed by atoms with Crippen molar-refractivity contribution in [2.75, 3.05) is 6.61 Å². The molecule has 2 nitrogen and oxygen atoms in total. The van der Waals surface area contributed by atoms with Gasteiger partial charge in [-0.3, -0.25) is 0 Å². The van der Waals surface area contributed by atoms with Gasteiger partial charge < -0.3 is 9.84 Å². The molecule has 0 unspecified atom stereocenters. The monoisotopic (exact) mass is 135 g/mol. The van der Waals surface area contributed by atoms with Crippen molar-refractivity contribution in [3.05, 3.63) is 30.2 Å². The molecule has 1 aliphatic heterocycles. The molecule has 1 aliphatic rings. The van der Waals surface area contributed by atoms with Crippen LogP contribution >= 0.6 is 0 Å². The first kappa shape index (κ1) is 5.59. The van der Waals surface area contributed by atoms with E-state index < -0.39 is 0 Å². The van der Waals surface area contributed by atoms with Gasteiger partial charge in [0.2, 0.25) is 0 Å². The normalized spacial score (nSPS) is 14.4. The maximum absolute atomic E-state index is 9.00. The Labute approximate surface area is 59.1 Å². The predicted octanol–water partition coefficient (Wildman–Crippen LogP) is 1.34. The molecule has 0 aliphatic carbocycles. The van der Waals surface area contributed by atoms with Crippen molar-refractivity contribution in [3.63, 3.8) is 0 Å². The van der Waals surface area contributed by atoms with Gasteiger partial charge in [-0.1, -0.05) is 6.07 Å². The van der Waals surface area contributed by atoms with E-state index in [9.17, 15) is 0 Å². The highest BCUT2D eigenvalue weighted by molar-refractivity contribution is 5.46. The summed E-state index contributed by atoms with van der Waals surface area (Å²) in [4.78, 5) is 0. The van der Waals surface area contributed by atoms with Crippen LogP contribution in [-0.2, 0) is 0 Å². The third kappa shape index (κ3) is 0.727. The lowest BCUT2D eigenvalue weighted by Gasteiger charge is -1.97. The summed E-state index contributed by atoms with van der Waals surface area (Å²) in [5, 5.41) is 9.00. The summed E-state index contributed by atoms with van der Waals surface area (Å²) in [6.07, 6.45) is 1.98. The molecule has 0 fully saturated rings. The molecule has 0 spiro atoms. The molecule has 0 aromatic heterocycles. The maximum Gasteiger partial charge on any atom is 0.126 e. The molecule has 2 rings (SSSR count). The van der Waals surface area contributed by atoms with E-state index in [1.807, 2.05) is 12.5 Å². The minimum absolute atomic E-state index is 0.258. The highest BCUT2D eigenvalue weighted by atomic mass is 16.5. The summed E-state index contributed by atoms with van der Waals surface area (Å²) in [6.45, 7) is 0.624. The highest BCUT2D eigenvalue weighted by Gasteiger charge is 2.11. The predicted molar refractivity (Wildman–Crippen MR) is 37.0 cm³/mol. The van der Waals surface area contributed by atoms with Gasteiger partial charge in [0.1, 0.15) is 11.5 Å². The molecule has 0 bridgehead atoms. The van der Waals surface area contributed by atoms with Crippen LogP contribution in [0.25, 0.3) is 0 Å². The Morgan fingerprint density at radius 2 is 2.30 bits per heavy atom. The largest absolute Gasteiger partial charge is 0.508 e. The molecule has 10 heavy (non-hydrogen) atoms. The van der Waals surface area contributed by atoms with Gasteiger partial charge in [-0.25, -0.2) is 0 Å². The van der Waals surface area contributed by atoms with Gasteiger partial charge in [0, 0.05) is 18.1 Å². The van der Waals surface area contributed by atoms with Gasteiger partial charge >= 0.3 is 0 Å². The molecule has 1 aromatic rings. The topological polar surface area (TPSA) is 29.5 Å². The van der Waals surface area contributed by atoms with Gasteiger partial charge in [-0.15, -0.1) is 0 Å². The van der Waals surface area contributed by atoms with Crippen LogP contribution in [0.3, 0.4) is 0 Å². The Hall–Kier alpha value is -1.18. The molecule has 1 aromatic carbocycles. The minimum atomic E-state index is 0.258. The van der Waals surface area contributed by atoms with Crippen LogP contribution in [-0.4, -0.2) is 11.7 Å². The van der Waals surface area contributed by atoms with Crippen LogP contribution in [0, 0.1) is 6.42 Å². The highest BCUT2D eigenvalue weighted by Crippen LogP contribution is 2.29. The lowest BCUT2D eigenvalue weighted by atomic mass is 10.2. The van der Waals surface area contributed by atoms with Crippen molar-refractivity contribution in [1.82, 2.24) is 0 Å². The Bertz CT molecular complexity index is 255. The molecule has 2 heteroatoms. The molecule has 0 saturated carbocycles. The van der Waals surface area contributed by atoms with Crippen LogP contribution in [0.4, 0.5) is 0 Å². The van der Waals surface area contributed by atoms with Gasteiger partial charge in [0.25, 0.3) is 0 Å². The van der Waals surface area contributed by atoms with Gasteiger partial charge in [0.05, 0.1) is 6.61 Å². The van der Waals surface area contributed by atoms with E-state index in [0.29, 0.717) is 6.61 Å². The van der Waals surface area contributed by atoms with E-state index >= 15 is 0 Å². The van der Waals surface area contributed by atoms with Crippen LogP contribution in [0.2, 0.25) is 0 Å². The third-order valence-corrected chi connectivity index (χ3v) is 1.54. The molecule has 1 heterocycles. The number of ether oxygens (including phenoxy) is 1. The fourth-order valence-corrected chi connectivity index (χ4v) is 1.04. The van der Waals surface area contributed by atoms with Crippen molar-refractivity contribution >= 4 is 0 Å². The molecule has 1 N–H and O–H groups in total. The summed E-state index contributed by atoms with van der Waals surface area (Å²) in [5.41, 5.74) is 1.07. The van der Waals surface area contributed by atoms with Crippen LogP contribution in [0.15, 0.2) is 18.2 Å². The number of phenols is 1. The second-order valence-electron chi connectivity index (χ2n) is 2.24. The first-order valence-corrected chi connectivity index (χ1v) is 3.15. The average molecular weight is 135 g/mol. The molecule has 0 atom stereocenters. The van der Waals surface area contributed by atoms with Crippen molar-refractivity contribution in [1.29, 1.82) is 0 Å². The van der Waals surface area contributed by atoms with Crippen LogP contribution in [0.1, 0.15) is 5.56 Å². The minimum Gasteiger partial charge on any atom is -0.508 e. The van der Waals surface area contributed by atoms with E-state index in [2.05, 4.69) is 0 Å². The van der Waals surface area contributed by atoms with Gasteiger partial charge in [-0.05, 0) is 6.07 Å². The van der Waals surface area contributed by atoms with E-state index in [1.165, 1.54) is 0 Å². The lowest BCUT2D eigenvalue weighted by molar-refractivity contribution is 0.374. The van der Waals surface area contributed by atoms with E-state index in [1.54, 1.807) is 12.1 Å². The quantitative estimate of drug-likeness (QED) is 0.581. The summed E-state index contributed by atoms with van der Waals surface area (Å²) in [6, 6.07) is 5.13. The summed E-state index contributed by atoms with van der Waals surface area (Å²) in [7, 11) is 0. The number of aromatic hydroxyl groups is 1. The molecular formula is C8H7O2. The fraction of sp³-hybridized carbons (Fsp3) is 0.125. The number of rotatable bonds is 0. The second kappa shape index (κ2) is 1.90. The first-order chi connectivity index (χ1) is 4.86. The molecule has 0 amide bonds. The van der Waals surface area contributed by atoms with Crippen molar-refractivity contribution in [2.24, 2.45) is 0 Å². The Morgan fingerprint density at radius 3 is 3.20 bits per heavy atom. The maximum atomic E-state index is 9.00. The zero-order valence-corrected chi connectivity index (χ0v) is 5.37. The number of benzene rings is 1. The Morgan fingerprint density at radius 1 is 1.40 bits per heavy atom. The summed E-state index contributed by atoms with van der Waals surface area (Å²) < 4.78 is 5.16. The van der Waals surface area contributed by atoms with Gasteiger partial charge in [-0.2, -0.15) is 0 Å². The van der Waals surface area contributed by atoms with Crippen molar-refractivity contribution in [3.8, 4) is 11.5 Å². The van der Waals surface area contributed by atoms with Crippen LogP contribution < -0.4 is 4.74 Å². The molecule has 1 radical (unpaired) electrons. The smallest absolute Gasteiger partial charge is 0.126 e. The molecule has 0 saturated heterocycles.